The Morgan fingerprint density at radius 1 is 1.65 bits per heavy atom. The Kier molecular flexibility index (Phi) is 3.13. The van der Waals surface area contributed by atoms with E-state index in [4.69, 9.17) is 10.8 Å². The van der Waals surface area contributed by atoms with Crippen molar-refractivity contribution in [2.75, 3.05) is 13.1 Å². The van der Waals surface area contributed by atoms with Crippen LogP contribution in [0.15, 0.2) is 18.2 Å². The number of nitrogens with two attached hydrogens (primary N) is 1. The topological polar surface area (TPSA) is 79.5 Å². The molecule has 0 aliphatic carbocycles. The summed E-state index contributed by atoms with van der Waals surface area (Å²) < 4.78 is 0. The number of hydrogen-bond donors (Lipinski definition) is 2. The highest BCUT2D eigenvalue weighted by atomic mass is 16.4. The first kappa shape index (κ1) is 12.0. The van der Waals surface area contributed by atoms with Crippen molar-refractivity contribution in [2.45, 2.75) is 25.4 Å². The van der Waals surface area contributed by atoms with E-state index in [0.717, 1.165) is 11.4 Å². The summed E-state index contributed by atoms with van der Waals surface area (Å²) in [5.74, 6) is -0.919. The molecule has 0 bridgehead atoms. The predicted molar refractivity (Wildman–Crippen MR) is 63.4 cm³/mol. The summed E-state index contributed by atoms with van der Waals surface area (Å²) in [4.78, 5) is 17.4. The fraction of sp³-hybridized carbons (Fsp3) is 0.500. The standard InChI is InChI=1S/C12H17N3O2/c1-9-3-2-4-10(14-9)7-15-6-5-12(13,8-15)11(16)17/h2-4H,5-8,13H2,1H3,(H,16,17). The maximum Gasteiger partial charge on any atom is 0.325 e. The first-order valence-electron chi connectivity index (χ1n) is 5.67. The molecule has 0 amide bonds. The summed E-state index contributed by atoms with van der Waals surface area (Å²) in [6.07, 6.45) is 0.494. The van der Waals surface area contributed by atoms with E-state index in [1.54, 1.807) is 0 Å². The number of carboxylic acids is 1. The van der Waals surface area contributed by atoms with Crippen LogP contribution in [0, 0.1) is 6.92 Å². The molecule has 17 heavy (non-hydrogen) atoms. The van der Waals surface area contributed by atoms with Crippen molar-refractivity contribution in [3.05, 3.63) is 29.6 Å². The highest BCUT2D eigenvalue weighted by molar-refractivity contribution is 5.79. The molecule has 1 aliphatic rings. The van der Waals surface area contributed by atoms with Crippen LogP contribution in [-0.4, -0.2) is 39.6 Å². The fourth-order valence-electron chi connectivity index (χ4n) is 2.14. The van der Waals surface area contributed by atoms with Crippen LogP contribution in [0.25, 0.3) is 0 Å². The minimum absolute atomic E-state index is 0.387. The molecule has 1 atom stereocenters. The first-order chi connectivity index (χ1) is 7.99. The fourth-order valence-corrected chi connectivity index (χ4v) is 2.14. The van der Waals surface area contributed by atoms with Crippen molar-refractivity contribution in [1.82, 2.24) is 9.88 Å². The number of carbonyl (C=O) groups is 1. The second-order valence-corrected chi connectivity index (χ2v) is 4.69. The quantitative estimate of drug-likeness (QED) is 0.791. The zero-order valence-corrected chi connectivity index (χ0v) is 9.89. The van der Waals surface area contributed by atoms with E-state index in [9.17, 15) is 4.79 Å². The van der Waals surface area contributed by atoms with Gasteiger partial charge in [-0.15, -0.1) is 0 Å². The van der Waals surface area contributed by atoms with E-state index in [1.165, 1.54) is 0 Å². The molecule has 2 rings (SSSR count). The van der Waals surface area contributed by atoms with Crippen LogP contribution in [0.2, 0.25) is 0 Å². The van der Waals surface area contributed by atoms with E-state index in [0.29, 0.717) is 26.1 Å². The summed E-state index contributed by atoms with van der Waals surface area (Å²) in [6, 6.07) is 5.85. The largest absolute Gasteiger partial charge is 0.480 e. The number of carboxylic acid groups (broad SMARTS) is 1. The minimum Gasteiger partial charge on any atom is -0.480 e. The van der Waals surface area contributed by atoms with Crippen LogP contribution in [0.1, 0.15) is 17.8 Å². The van der Waals surface area contributed by atoms with Crippen LogP contribution >= 0.6 is 0 Å². The molecule has 0 aromatic carbocycles. The van der Waals surface area contributed by atoms with Crippen molar-refractivity contribution in [3.8, 4) is 0 Å². The number of hydrogen-bond acceptors (Lipinski definition) is 4. The lowest BCUT2D eigenvalue weighted by atomic mass is 10.0. The Labute approximate surface area is 100 Å². The third-order valence-electron chi connectivity index (χ3n) is 3.14. The lowest BCUT2D eigenvalue weighted by molar-refractivity contribution is -0.142. The predicted octanol–water partition coefficient (Wildman–Crippen LogP) is 0.378. The zero-order chi connectivity index (χ0) is 12.5. The number of pyridine rings is 1. The maximum atomic E-state index is 11.0. The molecule has 1 aliphatic heterocycles. The number of aromatic nitrogens is 1. The van der Waals surface area contributed by atoms with E-state index in [1.807, 2.05) is 30.0 Å². The van der Waals surface area contributed by atoms with Crippen molar-refractivity contribution >= 4 is 5.97 Å². The van der Waals surface area contributed by atoms with Crippen LogP contribution in [-0.2, 0) is 11.3 Å². The molecule has 92 valence electrons. The second-order valence-electron chi connectivity index (χ2n) is 4.69. The van der Waals surface area contributed by atoms with Gasteiger partial charge in [0, 0.05) is 25.3 Å². The molecule has 1 aromatic rings. The third kappa shape index (κ3) is 2.62. The van der Waals surface area contributed by atoms with Gasteiger partial charge in [-0.05, 0) is 25.5 Å². The molecule has 1 fully saturated rings. The van der Waals surface area contributed by atoms with Gasteiger partial charge >= 0.3 is 5.97 Å². The van der Waals surface area contributed by atoms with E-state index < -0.39 is 11.5 Å². The molecule has 0 spiro atoms. The Bertz CT molecular complexity index is 436. The van der Waals surface area contributed by atoms with Gasteiger partial charge in [-0.1, -0.05) is 6.07 Å². The van der Waals surface area contributed by atoms with E-state index in [-0.39, 0.29) is 0 Å². The molecule has 1 aromatic heterocycles. The van der Waals surface area contributed by atoms with Crippen molar-refractivity contribution in [1.29, 1.82) is 0 Å². The molecule has 5 nitrogen and oxygen atoms in total. The zero-order valence-electron chi connectivity index (χ0n) is 9.89. The van der Waals surface area contributed by atoms with Crippen LogP contribution < -0.4 is 5.73 Å². The van der Waals surface area contributed by atoms with Gasteiger partial charge in [0.1, 0.15) is 5.54 Å². The molecule has 0 saturated carbocycles. The van der Waals surface area contributed by atoms with E-state index in [2.05, 4.69) is 4.98 Å². The van der Waals surface area contributed by atoms with E-state index >= 15 is 0 Å². The van der Waals surface area contributed by atoms with Crippen LogP contribution in [0.5, 0.6) is 0 Å². The smallest absolute Gasteiger partial charge is 0.325 e. The second kappa shape index (κ2) is 4.43. The summed E-state index contributed by atoms with van der Waals surface area (Å²) in [7, 11) is 0. The molecule has 1 saturated heterocycles. The highest BCUT2D eigenvalue weighted by Gasteiger charge is 2.41. The number of aryl methyl sites for hydroxylation is 1. The SMILES string of the molecule is Cc1cccc(CN2CCC(N)(C(=O)O)C2)n1. The Balaban J connectivity index is 2.01. The molecule has 1 unspecified atom stereocenters. The summed E-state index contributed by atoms with van der Waals surface area (Å²) in [5.41, 5.74) is 6.65. The minimum atomic E-state index is -1.09. The normalized spacial score (nSPS) is 25.1. The number of likely N-dealkylation sites (tertiary alicyclic amines) is 1. The van der Waals surface area contributed by atoms with Gasteiger partial charge in [0.15, 0.2) is 0 Å². The average Bonchev–Trinajstić information content (AvgIpc) is 2.61. The maximum absolute atomic E-state index is 11.0. The number of nitrogens with zero attached hydrogens (tertiary/aromatic N) is 2. The Morgan fingerprint density at radius 3 is 3.00 bits per heavy atom. The Hall–Kier alpha value is -1.46. The number of rotatable bonds is 3. The van der Waals surface area contributed by atoms with Gasteiger partial charge in [-0.2, -0.15) is 0 Å². The highest BCUT2D eigenvalue weighted by Crippen LogP contribution is 2.20. The molecular weight excluding hydrogens is 218 g/mol. The summed E-state index contributed by atoms with van der Waals surface area (Å²) in [6.45, 7) is 3.70. The van der Waals surface area contributed by atoms with Crippen molar-refractivity contribution < 1.29 is 9.90 Å². The lowest BCUT2D eigenvalue weighted by Crippen LogP contribution is -2.50. The monoisotopic (exact) mass is 235 g/mol. The Morgan fingerprint density at radius 2 is 2.41 bits per heavy atom. The van der Waals surface area contributed by atoms with Gasteiger partial charge in [-0.25, -0.2) is 0 Å². The van der Waals surface area contributed by atoms with Gasteiger partial charge in [0.05, 0.1) is 5.69 Å². The molecule has 3 N–H and O–H groups in total. The van der Waals surface area contributed by atoms with Crippen molar-refractivity contribution in [3.63, 3.8) is 0 Å². The first-order valence-corrected chi connectivity index (χ1v) is 5.67. The van der Waals surface area contributed by atoms with Crippen LogP contribution in [0.4, 0.5) is 0 Å². The number of aliphatic carboxylic acids is 1. The molecule has 2 heterocycles. The summed E-state index contributed by atoms with van der Waals surface area (Å²) >= 11 is 0. The van der Waals surface area contributed by atoms with Gasteiger partial charge in [-0.3, -0.25) is 14.7 Å². The average molecular weight is 235 g/mol. The summed E-state index contributed by atoms with van der Waals surface area (Å²) in [5, 5.41) is 9.03. The van der Waals surface area contributed by atoms with Gasteiger partial charge < -0.3 is 10.8 Å². The van der Waals surface area contributed by atoms with Crippen LogP contribution in [0.3, 0.4) is 0 Å². The van der Waals surface area contributed by atoms with Gasteiger partial charge in [0.25, 0.3) is 0 Å². The van der Waals surface area contributed by atoms with Crippen molar-refractivity contribution in [2.24, 2.45) is 5.73 Å². The molecule has 0 radical (unpaired) electrons. The third-order valence-corrected chi connectivity index (χ3v) is 3.14. The lowest BCUT2D eigenvalue weighted by Gasteiger charge is -2.19. The molecule has 5 heteroatoms. The molecular formula is C12H17N3O2. The van der Waals surface area contributed by atoms with Gasteiger partial charge in [0.2, 0.25) is 0 Å².